The Hall–Kier alpha value is -1.95. The molecule has 0 unspecified atom stereocenters. The minimum absolute atomic E-state index is 0.224. The summed E-state index contributed by atoms with van der Waals surface area (Å²) in [6.45, 7) is 0.344. The first-order chi connectivity index (χ1) is 8.66. The number of amides is 1. The minimum Gasteiger partial charge on any atom is -0.398 e. The number of anilines is 1. The van der Waals surface area contributed by atoms with Gasteiger partial charge in [-0.3, -0.25) is 4.79 Å². The van der Waals surface area contributed by atoms with Gasteiger partial charge in [0.25, 0.3) is 5.91 Å². The molecule has 18 heavy (non-hydrogen) atoms. The fraction of sp³-hybridized carbons (Fsp3) is 0.0833. The van der Waals surface area contributed by atoms with Crippen LogP contribution in [0.3, 0.4) is 0 Å². The second-order valence-corrected chi connectivity index (χ2v) is 4.53. The van der Waals surface area contributed by atoms with E-state index in [0.717, 1.165) is 10.2 Å². The first kappa shape index (κ1) is 12.5. The van der Waals surface area contributed by atoms with Crippen LogP contribution in [0.1, 0.15) is 16.1 Å². The van der Waals surface area contributed by atoms with E-state index in [1.54, 1.807) is 30.5 Å². The average molecular weight is 307 g/mol. The summed E-state index contributed by atoms with van der Waals surface area (Å²) in [6, 6.07) is 6.88. The molecule has 0 fully saturated rings. The summed E-state index contributed by atoms with van der Waals surface area (Å²) in [5.74, 6) is -0.224. The van der Waals surface area contributed by atoms with Gasteiger partial charge in [0.2, 0.25) is 0 Å². The monoisotopic (exact) mass is 306 g/mol. The summed E-state index contributed by atoms with van der Waals surface area (Å²) in [5.41, 5.74) is 7.41. The first-order valence-corrected chi connectivity index (χ1v) is 6.04. The minimum atomic E-state index is -0.224. The lowest BCUT2D eigenvalue weighted by Gasteiger charge is -2.07. The van der Waals surface area contributed by atoms with Gasteiger partial charge in [0.05, 0.1) is 17.8 Å². The third-order valence-corrected chi connectivity index (χ3v) is 2.82. The first-order valence-electron chi connectivity index (χ1n) is 5.25. The fourth-order valence-electron chi connectivity index (χ4n) is 1.43. The van der Waals surface area contributed by atoms with Gasteiger partial charge in [0, 0.05) is 16.4 Å². The summed E-state index contributed by atoms with van der Waals surface area (Å²) in [5, 5.41) is 2.75. The van der Waals surface area contributed by atoms with Gasteiger partial charge >= 0.3 is 0 Å². The van der Waals surface area contributed by atoms with Crippen molar-refractivity contribution in [3.8, 4) is 0 Å². The molecule has 3 N–H and O–H groups in total. The highest BCUT2D eigenvalue weighted by molar-refractivity contribution is 9.10. The second-order valence-electron chi connectivity index (χ2n) is 3.61. The van der Waals surface area contributed by atoms with Crippen LogP contribution in [0.15, 0.2) is 41.3 Å². The molecule has 0 saturated carbocycles. The number of hydrogen-bond acceptors (Lipinski definition) is 4. The Labute approximate surface area is 113 Å². The van der Waals surface area contributed by atoms with Gasteiger partial charge in [-0.25, -0.2) is 9.97 Å². The smallest absolute Gasteiger partial charge is 0.253 e. The number of nitrogens with one attached hydrogen (secondary N) is 1. The van der Waals surface area contributed by atoms with Crippen molar-refractivity contribution >= 4 is 27.5 Å². The van der Waals surface area contributed by atoms with Crippen LogP contribution in [0, 0.1) is 0 Å². The van der Waals surface area contributed by atoms with Crippen molar-refractivity contribution in [3.05, 3.63) is 52.5 Å². The number of aromatic nitrogens is 2. The van der Waals surface area contributed by atoms with Crippen LogP contribution in [-0.4, -0.2) is 15.9 Å². The van der Waals surface area contributed by atoms with Crippen LogP contribution in [0.4, 0.5) is 5.69 Å². The third-order valence-electron chi connectivity index (χ3n) is 2.33. The lowest BCUT2D eigenvalue weighted by atomic mass is 10.1. The van der Waals surface area contributed by atoms with Gasteiger partial charge in [0.1, 0.15) is 6.33 Å². The molecule has 0 aliphatic heterocycles. The summed E-state index contributed by atoms with van der Waals surface area (Å²) in [7, 11) is 0. The van der Waals surface area contributed by atoms with Gasteiger partial charge in [-0.2, -0.15) is 0 Å². The zero-order valence-electron chi connectivity index (χ0n) is 9.43. The predicted molar refractivity (Wildman–Crippen MR) is 71.8 cm³/mol. The average Bonchev–Trinajstić information content (AvgIpc) is 2.37. The van der Waals surface area contributed by atoms with E-state index in [-0.39, 0.29) is 5.91 Å². The van der Waals surface area contributed by atoms with Crippen LogP contribution < -0.4 is 11.1 Å². The molecule has 0 saturated heterocycles. The normalized spacial score (nSPS) is 10.1. The van der Waals surface area contributed by atoms with Crippen LogP contribution in [0.25, 0.3) is 0 Å². The van der Waals surface area contributed by atoms with Gasteiger partial charge in [-0.15, -0.1) is 0 Å². The summed E-state index contributed by atoms with van der Waals surface area (Å²) in [4.78, 5) is 19.7. The van der Waals surface area contributed by atoms with Gasteiger partial charge in [-0.05, 0) is 24.3 Å². The Kier molecular flexibility index (Phi) is 3.88. The standard InChI is InChI=1S/C12H11BrN4O/c13-8-1-2-10(11(14)5-8)12(18)16-6-9-3-4-15-7-17-9/h1-5,7H,6,14H2,(H,16,18). The SMILES string of the molecule is Nc1cc(Br)ccc1C(=O)NCc1ccncn1. The molecule has 5 nitrogen and oxygen atoms in total. The van der Waals surface area contributed by atoms with Crippen molar-refractivity contribution in [2.24, 2.45) is 0 Å². The maximum Gasteiger partial charge on any atom is 0.253 e. The van der Waals surface area contributed by atoms with Crippen molar-refractivity contribution in [3.63, 3.8) is 0 Å². The van der Waals surface area contributed by atoms with E-state index in [1.807, 2.05) is 0 Å². The lowest BCUT2D eigenvalue weighted by Crippen LogP contribution is -2.24. The van der Waals surface area contributed by atoms with Crippen molar-refractivity contribution in [2.75, 3.05) is 5.73 Å². The molecule has 2 aromatic rings. The zero-order valence-corrected chi connectivity index (χ0v) is 11.0. The fourth-order valence-corrected chi connectivity index (χ4v) is 1.81. The zero-order chi connectivity index (χ0) is 13.0. The molecule has 0 spiro atoms. The Morgan fingerprint density at radius 3 is 2.89 bits per heavy atom. The van der Waals surface area contributed by atoms with E-state index < -0.39 is 0 Å². The van der Waals surface area contributed by atoms with Crippen LogP contribution >= 0.6 is 15.9 Å². The molecular formula is C12H11BrN4O. The van der Waals surface area contributed by atoms with E-state index in [4.69, 9.17) is 5.73 Å². The number of benzene rings is 1. The highest BCUT2D eigenvalue weighted by Gasteiger charge is 2.09. The summed E-state index contributed by atoms with van der Waals surface area (Å²) < 4.78 is 0.840. The number of nitrogen functional groups attached to an aromatic ring is 1. The number of nitrogens with zero attached hydrogens (tertiary/aromatic N) is 2. The summed E-state index contributed by atoms with van der Waals surface area (Å²) >= 11 is 3.29. The number of carbonyl (C=O) groups excluding carboxylic acids is 1. The third kappa shape index (κ3) is 3.04. The highest BCUT2D eigenvalue weighted by Crippen LogP contribution is 2.18. The molecule has 0 aliphatic carbocycles. The molecule has 92 valence electrons. The molecule has 0 atom stereocenters. The number of halogens is 1. The largest absolute Gasteiger partial charge is 0.398 e. The molecule has 2 rings (SSSR count). The number of carbonyl (C=O) groups is 1. The molecule has 1 aromatic heterocycles. The summed E-state index contributed by atoms with van der Waals surface area (Å²) in [6.07, 6.45) is 3.07. The van der Waals surface area contributed by atoms with Gasteiger partial charge < -0.3 is 11.1 Å². The Balaban J connectivity index is 2.04. The Morgan fingerprint density at radius 2 is 2.22 bits per heavy atom. The van der Waals surface area contributed by atoms with Crippen molar-refractivity contribution in [1.29, 1.82) is 0 Å². The molecule has 0 bridgehead atoms. The maximum absolute atomic E-state index is 11.9. The van der Waals surface area contributed by atoms with Gasteiger partial charge in [-0.1, -0.05) is 15.9 Å². The lowest BCUT2D eigenvalue weighted by molar-refractivity contribution is 0.0951. The van der Waals surface area contributed by atoms with E-state index in [9.17, 15) is 4.79 Å². The number of hydrogen-bond donors (Lipinski definition) is 2. The van der Waals surface area contributed by atoms with Crippen molar-refractivity contribution in [2.45, 2.75) is 6.54 Å². The molecule has 0 aliphatic rings. The molecular weight excluding hydrogens is 296 g/mol. The van der Waals surface area contributed by atoms with Crippen molar-refractivity contribution in [1.82, 2.24) is 15.3 Å². The molecule has 1 amide bonds. The molecule has 1 aromatic carbocycles. The van der Waals surface area contributed by atoms with Crippen LogP contribution in [0.5, 0.6) is 0 Å². The Bertz CT molecular complexity index is 559. The van der Waals surface area contributed by atoms with E-state index in [2.05, 4.69) is 31.2 Å². The number of rotatable bonds is 3. The molecule has 0 radical (unpaired) electrons. The second kappa shape index (κ2) is 5.59. The van der Waals surface area contributed by atoms with Gasteiger partial charge in [0.15, 0.2) is 0 Å². The highest BCUT2D eigenvalue weighted by atomic mass is 79.9. The number of nitrogens with two attached hydrogens (primary N) is 1. The van der Waals surface area contributed by atoms with E-state index >= 15 is 0 Å². The van der Waals surface area contributed by atoms with Crippen LogP contribution in [-0.2, 0) is 6.54 Å². The Morgan fingerprint density at radius 1 is 1.39 bits per heavy atom. The van der Waals surface area contributed by atoms with E-state index in [0.29, 0.717) is 17.8 Å². The van der Waals surface area contributed by atoms with Crippen molar-refractivity contribution < 1.29 is 4.79 Å². The molecule has 1 heterocycles. The molecule has 6 heteroatoms. The topological polar surface area (TPSA) is 80.9 Å². The quantitative estimate of drug-likeness (QED) is 0.847. The maximum atomic E-state index is 11.9. The predicted octanol–water partition coefficient (Wildman–Crippen LogP) is 1.75. The van der Waals surface area contributed by atoms with Crippen LogP contribution in [0.2, 0.25) is 0 Å². The van der Waals surface area contributed by atoms with E-state index in [1.165, 1.54) is 6.33 Å².